The number of hydrogen-bond acceptors (Lipinski definition) is 4. The third kappa shape index (κ3) is 5.60. The van der Waals surface area contributed by atoms with Crippen molar-refractivity contribution in [2.75, 3.05) is 19.0 Å². The Morgan fingerprint density at radius 3 is 2.46 bits per heavy atom. The van der Waals surface area contributed by atoms with Crippen LogP contribution < -0.4 is 10.6 Å². The van der Waals surface area contributed by atoms with Crippen molar-refractivity contribution in [1.29, 1.82) is 0 Å². The first kappa shape index (κ1) is 21.0. The van der Waals surface area contributed by atoms with E-state index in [1.165, 1.54) is 7.11 Å². The molecule has 0 aliphatic carbocycles. The van der Waals surface area contributed by atoms with Crippen LogP contribution in [0.3, 0.4) is 0 Å². The van der Waals surface area contributed by atoms with E-state index in [0.29, 0.717) is 29.3 Å². The summed E-state index contributed by atoms with van der Waals surface area (Å²) >= 11 is 0. The predicted molar refractivity (Wildman–Crippen MR) is 99.1 cm³/mol. The Morgan fingerprint density at radius 1 is 1.07 bits per heavy atom. The average Bonchev–Trinajstić information content (AvgIpc) is 2.66. The van der Waals surface area contributed by atoms with Gasteiger partial charge in [-0.2, -0.15) is 0 Å². The molecule has 2 aromatic rings. The van der Waals surface area contributed by atoms with Crippen LogP contribution in [0.15, 0.2) is 36.4 Å². The highest BCUT2D eigenvalue weighted by molar-refractivity contribution is 5.95. The van der Waals surface area contributed by atoms with E-state index in [2.05, 4.69) is 15.4 Å². The van der Waals surface area contributed by atoms with Crippen LogP contribution in [0.25, 0.3) is 0 Å². The number of nitrogens with one attached hydrogen (secondary N) is 2. The number of carbonyl (C=O) groups is 3. The molecule has 0 spiro atoms. The second-order valence-electron chi connectivity index (χ2n) is 6.05. The molecule has 0 radical (unpaired) electrons. The first-order chi connectivity index (χ1) is 13.3. The van der Waals surface area contributed by atoms with Gasteiger partial charge >= 0.3 is 5.97 Å². The fraction of sp³-hybridized carbons (Fsp3) is 0.250. The van der Waals surface area contributed by atoms with Crippen molar-refractivity contribution in [3.63, 3.8) is 0 Å². The van der Waals surface area contributed by atoms with E-state index in [0.717, 1.165) is 12.1 Å². The molecule has 148 valence electrons. The van der Waals surface area contributed by atoms with Crippen molar-refractivity contribution in [2.24, 2.45) is 0 Å². The maximum Gasteiger partial charge on any atom is 0.337 e. The molecule has 6 nitrogen and oxygen atoms in total. The number of hydrogen-bond donors (Lipinski definition) is 2. The lowest BCUT2D eigenvalue weighted by atomic mass is 10.1. The quantitative estimate of drug-likeness (QED) is 0.562. The van der Waals surface area contributed by atoms with Crippen molar-refractivity contribution in [1.82, 2.24) is 5.32 Å². The van der Waals surface area contributed by atoms with Gasteiger partial charge < -0.3 is 15.4 Å². The van der Waals surface area contributed by atoms with Gasteiger partial charge in [-0.05, 0) is 49.2 Å². The summed E-state index contributed by atoms with van der Waals surface area (Å²) in [7, 11) is 1.29. The molecule has 2 N–H and O–H groups in total. The van der Waals surface area contributed by atoms with Crippen LogP contribution in [-0.2, 0) is 9.53 Å². The highest BCUT2D eigenvalue weighted by atomic mass is 19.1. The Labute approximate surface area is 160 Å². The van der Waals surface area contributed by atoms with Gasteiger partial charge in [0.15, 0.2) is 0 Å². The summed E-state index contributed by atoms with van der Waals surface area (Å²) in [6.45, 7) is 1.91. The number of aryl methyl sites for hydroxylation is 1. The number of halogens is 2. The molecule has 0 aliphatic heterocycles. The number of esters is 1. The van der Waals surface area contributed by atoms with Gasteiger partial charge in [-0.25, -0.2) is 13.6 Å². The third-order valence-corrected chi connectivity index (χ3v) is 3.96. The fourth-order valence-electron chi connectivity index (χ4n) is 2.48. The summed E-state index contributed by atoms with van der Waals surface area (Å²) in [6.07, 6.45) is 0.462. The van der Waals surface area contributed by atoms with Gasteiger partial charge in [-0.1, -0.05) is 0 Å². The molecular weight excluding hydrogens is 370 g/mol. The standard InChI is InChI=1S/C20H20F2N2O4/c1-12-10-13(20(27)28-2)5-8-17(12)24-18(25)4-3-9-23-19(26)15-7-6-14(21)11-16(15)22/h5-8,10-11H,3-4,9H2,1-2H3,(H,23,26)(H,24,25). The summed E-state index contributed by atoms with van der Waals surface area (Å²) < 4.78 is 31.0. The molecule has 8 heteroatoms. The van der Waals surface area contributed by atoms with Crippen molar-refractivity contribution in [2.45, 2.75) is 19.8 Å². The number of rotatable bonds is 7. The zero-order valence-electron chi connectivity index (χ0n) is 15.5. The molecule has 0 heterocycles. The molecule has 0 atom stereocenters. The topological polar surface area (TPSA) is 84.5 Å². The maximum atomic E-state index is 13.5. The van der Waals surface area contributed by atoms with E-state index in [4.69, 9.17) is 0 Å². The van der Waals surface area contributed by atoms with E-state index in [-0.39, 0.29) is 24.4 Å². The van der Waals surface area contributed by atoms with E-state index in [1.807, 2.05) is 0 Å². The van der Waals surface area contributed by atoms with Crippen LogP contribution in [0.2, 0.25) is 0 Å². The van der Waals surface area contributed by atoms with Gasteiger partial charge in [-0.3, -0.25) is 9.59 Å². The molecule has 0 fully saturated rings. The summed E-state index contributed by atoms with van der Waals surface area (Å²) in [6, 6.07) is 7.46. The molecule has 0 aliphatic rings. The smallest absolute Gasteiger partial charge is 0.337 e. The van der Waals surface area contributed by atoms with Gasteiger partial charge in [0.2, 0.25) is 5.91 Å². The Morgan fingerprint density at radius 2 is 1.82 bits per heavy atom. The van der Waals surface area contributed by atoms with Gasteiger partial charge in [0.25, 0.3) is 5.91 Å². The summed E-state index contributed by atoms with van der Waals surface area (Å²) in [4.78, 5) is 35.4. The first-order valence-electron chi connectivity index (χ1n) is 8.54. The van der Waals surface area contributed by atoms with E-state index < -0.39 is 23.5 Å². The monoisotopic (exact) mass is 390 g/mol. The Balaban J connectivity index is 1.80. The van der Waals surface area contributed by atoms with Gasteiger partial charge in [0.1, 0.15) is 11.6 Å². The van der Waals surface area contributed by atoms with Gasteiger partial charge in [-0.15, -0.1) is 0 Å². The van der Waals surface area contributed by atoms with Crippen LogP contribution in [0.1, 0.15) is 39.1 Å². The summed E-state index contributed by atoms with van der Waals surface area (Å²) in [5, 5.41) is 5.21. The second kappa shape index (κ2) is 9.59. The van der Waals surface area contributed by atoms with Crippen LogP contribution in [0.5, 0.6) is 0 Å². The van der Waals surface area contributed by atoms with Crippen LogP contribution in [-0.4, -0.2) is 31.4 Å². The molecule has 0 aromatic heterocycles. The lowest BCUT2D eigenvalue weighted by molar-refractivity contribution is -0.116. The zero-order valence-corrected chi connectivity index (χ0v) is 15.5. The van der Waals surface area contributed by atoms with Gasteiger partial charge in [0, 0.05) is 24.7 Å². The molecule has 0 unspecified atom stereocenters. The number of methoxy groups -OCH3 is 1. The van der Waals surface area contributed by atoms with Crippen LogP contribution in [0.4, 0.5) is 14.5 Å². The molecule has 2 amide bonds. The van der Waals surface area contributed by atoms with Crippen molar-refractivity contribution < 1.29 is 27.9 Å². The number of benzene rings is 2. The largest absolute Gasteiger partial charge is 0.465 e. The summed E-state index contributed by atoms with van der Waals surface area (Å²) in [5.74, 6) is -3.11. The van der Waals surface area contributed by atoms with E-state index in [1.54, 1.807) is 25.1 Å². The van der Waals surface area contributed by atoms with Crippen molar-refractivity contribution in [3.05, 3.63) is 64.7 Å². The van der Waals surface area contributed by atoms with Crippen molar-refractivity contribution >= 4 is 23.5 Å². The fourth-order valence-corrected chi connectivity index (χ4v) is 2.48. The number of carbonyl (C=O) groups excluding carboxylic acids is 3. The SMILES string of the molecule is COC(=O)c1ccc(NC(=O)CCCNC(=O)c2ccc(F)cc2F)c(C)c1. The first-order valence-corrected chi connectivity index (χ1v) is 8.54. The minimum atomic E-state index is -0.943. The Kier molecular flexibility index (Phi) is 7.20. The van der Waals surface area contributed by atoms with Crippen molar-refractivity contribution in [3.8, 4) is 0 Å². The predicted octanol–water partition coefficient (Wildman–Crippen LogP) is 3.21. The minimum Gasteiger partial charge on any atom is -0.465 e. The summed E-state index contributed by atoms with van der Waals surface area (Å²) in [5.41, 5.74) is 1.40. The lowest BCUT2D eigenvalue weighted by Crippen LogP contribution is -2.26. The molecule has 0 saturated heterocycles. The maximum absolute atomic E-state index is 13.5. The lowest BCUT2D eigenvalue weighted by Gasteiger charge is -2.10. The minimum absolute atomic E-state index is 0.129. The highest BCUT2D eigenvalue weighted by Gasteiger charge is 2.13. The Bertz CT molecular complexity index is 900. The zero-order chi connectivity index (χ0) is 20.7. The molecular formula is C20H20F2N2O4. The number of anilines is 1. The third-order valence-electron chi connectivity index (χ3n) is 3.96. The van der Waals surface area contributed by atoms with Crippen LogP contribution in [0, 0.1) is 18.6 Å². The van der Waals surface area contributed by atoms with E-state index in [9.17, 15) is 23.2 Å². The van der Waals surface area contributed by atoms with Crippen LogP contribution >= 0.6 is 0 Å². The molecule has 2 rings (SSSR count). The molecule has 0 saturated carbocycles. The molecule has 2 aromatic carbocycles. The average molecular weight is 390 g/mol. The highest BCUT2D eigenvalue weighted by Crippen LogP contribution is 2.17. The molecule has 0 bridgehead atoms. The number of amides is 2. The number of ether oxygens (including phenoxy) is 1. The second-order valence-corrected chi connectivity index (χ2v) is 6.05. The normalized spacial score (nSPS) is 10.3. The van der Waals surface area contributed by atoms with Gasteiger partial charge in [0.05, 0.1) is 18.2 Å². The van der Waals surface area contributed by atoms with E-state index >= 15 is 0 Å². The Hall–Kier alpha value is -3.29. The molecule has 28 heavy (non-hydrogen) atoms.